The predicted molar refractivity (Wildman–Crippen MR) is 136 cm³/mol. The molecule has 194 valence electrons. The maximum Gasteiger partial charge on any atom is 0.416 e. The standard InChI is InChI=1S/C27H28F3N5O2/c1-18-7-9-19(10-8-18)17-35-25(36)32-24(31-22-6-4-5-21(15-22)27(28,29)30)34(26(35)37)16-20-11-13-23(14-12-20)33(2)3/h4-15,24,31H,16-17H2,1-3H3,(H,32,36). The fourth-order valence-electron chi connectivity index (χ4n) is 3.95. The van der Waals surface area contributed by atoms with Gasteiger partial charge in [-0.15, -0.1) is 0 Å². The van der Waals surface area contributed by atoms with E-state index in [2.05, 4.69) is 10.6 Å². The van der Waals surface area contributed by atoms with Crippen LogP contribution in [0, 0.1) is 6.92 Å². The molecular formula is C27H28F3N5O2. The molecule has 4 amide bonds. The number of imide groups is 1. The Morgan fingerprint density at radius 3 is 2.16 bits per heavy atom. The van der Waals surface area contributed by atoms with Crippen LogP contribution in [0.5, 0.6) is 0 Å². The van der Waals surface area contributed by atoms with Gasteiger partial charge in [-0.3, -0.25) is 10.2 Å². The van der Waals surface area contributed by atoms with E-state index in [1.165, 1.54) is 17.0 Å². The highest BCUT2D eigenvalue weighted by Crippen LogP contribution is 2.31. The van der Waals surface area contributed by atoms with Crippen LogP contribution in [0.3, 0.4) is 0 Å². The van der Waals surface area contributed by atoms with Crippen molar-refractivity contribution in [2.45, 2.75) is 32.5 Å². The van der Waals surface area contributed by atoms with E-state index in [0.717, 1.165) is 39.4 Å². The van der Waals surface area contributed by atoms with Crippen molar-refractivity contribution in [1.29, 1.82) is 0 Å². The second kappa shape index (κ2) is 10.4. The smallest absolute Gasteiger partial charge is 0.378 e. The lowest BCUT2D eigenvalue weighted by Crippen LogP contribution is -2.66. The first-order valence-electron chi connectivity index (χ1n) is 11.7. The summed E-state index contributed by atoms with van der Waals surface area (Å²) in [6.45, 7) is 2.11. The Morgan fingerprint density at radius 1 is 0.919 bits per heavy atom. The molecular weight excluding hydrogens is 483 g/mol. The highest BCUT2D eigenvalue weighted by Gasteiger charge is 2.39. The van der Waals surface area contributed by atoms with Gasteiger partial charge in [0.25, 0.3) is 0 Å². The van der Waals surface area contributed by atoms with Crippen LogP contribution in [0.25, 0.3) is 0 Å². The molecule has 0 spiro atoms. The highest BCUT2D eigenvalue weighted by atomic mass is 19.4. The van der Waals surface area contributed by atoms with Crippen molar-refractivity contribution in [3.63, 3.8) is 0 Å². The first-order chi connectivity index (χ1) is 17.5. The molecule has 1 atom stereocenters. The topological polar surface area (TPSA) is 67.9 Å². The molecule has 0 aromatic heterocycles. The average molecular weight is 512 g/mol. The Morgan fingerprint density at radius 2 is 1.54 bits per heavy atom. The van der Waals surface area contributed by atoms with E-state index in [1.54, 1.807) is 0 Å². The van der Waals surface area contributed by atoms with Gasteiger partial charge in [-0.25, -0.2) is 14.5 Å². The molecule has 3 aromatic rings. The number of anilines is 2. The Bertz CT molecular complexity index is 1260. The lowest BCUT2D eigenvalue weighted by molar-refractivity contribution is -0.137. The minimum absolute atomic E-state index is 0.0529. The van der Waals surface area contributed by atoms with Gasteiger partial charge >= 0.3 is 18.2 Å². The third kappa shape index (κ3) is 6.14. The van der Waals surface area contributed by atoms with E-state index in [4.69, 9.17) is 0 Å². The monoisotopic (exact) mass is 511 g/mol. The molecule has 37 heavy (non-hydrogen) atoms. The SMILES string of the molecule is Cc1ccc(CN2C(=O)NC(Nc3cccc(C(F)(F)F)c3)N(Cc3ccc(N(C)C)cc3)C2=O)cc1. The molecule has 3 aromatic carbocycles. The predicted octanol–water partition coefficient (Wildman–Crippen LogP) is 5.62. The maximum atomic E-state index is 13.6. The molecule has 1 aliphatic heterocycles. The van der Waals surface area contributed by atoms with Crippen molar-refractivity contribution < 1.29 is 22.8 Å². The number of nitrogens with zero attached hydrogens (tertiary/aromatic N) is 3. The van der Waals surface area contributed by atoms with E-state index >= 15 is 0 Å². The third-order valence-electron chi connectivity index (χ3n) is 6.05. The molecule has 1 fully saturated rings. The summed E-state index contributed by atoms with van der Waals surface area (Å²) in [5.41, 5.74) is 2.87. The van der Waals surface area contributed by atoms with Gasteiger partial charge in [0.15, 0.2) is 6.29 Å². The Kier molecular flexibility index (Phi) is 7.28. The maximum absolute atomic E-state index is 13.6. The number of hydrogen-bond donors (Lipinski definition) is 2. The normalized spacial score (nSPS) is 16.0. The van der Waals surface area contributed by atoms with Gasteiger partial charge in [-0.2, -0.15) is 13.2 Å². The quantitative estimate of drug-likeness (QED) is 0.432. The molecule has 1 unspecified atom stereocenters. The van der Waals surface area contributed by atoms with Gasteiger partial charge in [0, 0.05) is 25.5 Å². The van der Waals surface area contributed by atoms with Crippen molar-refractivity contribution in [2.75, 3.05) is 24.3 Å². The first-order valence-corrected chi connectivity index (χ1v) is 11.7. The number of halogens is 3. The zero-order valence-corrected chi connectivity index (χ0v) is 20.7. The molecule has 0 aliphatic carbocycles. The fraction of sp³-hybridized carbons (Fsp3) is 0.259. The van der Waals surface area contributed by atoms with Gasteiger partial charge in [-0.05, 0) is 48.4 Å². The molecule has 4 rings (SSSR count). The van der Waals surface area contributed by atoms with Crippen molar-refractivity contribution >= 4 is 23.4 Å². The molecule has 0 radical (unpaired) electrons. The Labute approximate surface area is 213 Å². The average Bonchev–Trinajstić information content (AvgIpc) is 2.85. The lowest BCUT2D eigenvalue weighted by atomic mass is 10.1. The van der Waals surface area contributed by atoms with E-state index in [0.29, 0.717) is 0 Å². The zero-order valence-electron chi connectivity index (χ0n) is 20.7. The van der Waals surface area contributed by atoms with Crippen LogP contribution >= 0.6 is 0 Å². The molecule has 2 N–H and O–H groups in total. The van der Waals surface area contributed by atoms with E-state index < -0.39 is 30.1 Å². The number of benzene rings is 3. The number of aryl methyl sites for hydroxylation is 1. The van der Waals surface area contributed by atoms with Crippen molar-refractivity contribution in [3.8, 4) is 0 Å². The third-order valence-corrected chi connectivity index (χ3v) is 6.05. The summed E-state index contributed by atoms with van der Waals surface area (Å²) in [7, 11) is 3.83. The number of urea groups is 2. The summed E-state index contributed by atoms with van der Waals surface area (Å²) in [5, 5.41) is 5.61. The first kappa shape index (κ1) is 25.9. The van der Waals surface area contributed by atoms with E-state index in [1.807, 2.05) is 74.4 Å². The number of carbonyl (C=O) groups excluding carboxylic acids is 2. The lowest BCUT2D eigenvalue weighted by Gasteiger charge is -2.41. The zero-order chi connectivity index (χ0) is 26.7. The summed E-state index contributed by atoms with van der Waals surface area (Å²) in [5.74, 6) is 0. The minimum Gasteiger partial charge on any atom is -0.378 e. The van der Waals surface area contributed by atoms with Crippen molar-refractivity contribution in [3.05, 3.63) is 95.1 Å². The van der Waals surface area contributed by atoms with Crippen LogP contribution in [0.15, 0.2) is 72.8 Å². The highest BCUT2D eigenvalue weighted by molar-refractivity contribution is 5.96. The van der Waals surface area contributed by atoms with E-state index in [-0.39, 0.29) is 18.8 Å². The second-order valence-electron chi connectivity index (χ2n) is 9.12. The van der Waals surface area contributed by atoms with Gasteiger partial charge in [0.1, 0.15) is 0 Å². The number of amides is 4. The molecule has 10 heteroatoms. The fourth-order valence-corrected chi connectivity index (χ4v) is 3.95. The summed E-state index contributed by atoms with van der Waals surface area (Å²) >= 11 is 0. The van der Waals surface area contributed by atoms with Crippen LogP contribution in [0.1, 0.15) is 22.3 Å². The molecule has 1 heterocycles. The number of rotatable bonds is 7. The summed E-state index contributed by atoms with van der Waals surface area (Å²) in [6.07, 6.45) is -5.59. The summed E-state index contributed by atoms with van der Waals surface area (Å²) < 4.78 is 39.7. The van der Waals surface area contributed by atoms with E-state index in [9.17, 15) is 22.8 Å². The largest absolute Gasteiger partial charge is 0.416 e. The van der Waals surface area contributed by atoms with Crippen LogP contribution in [0.4, 0.5) is 34.1 Å². The number of hydrogen-bond acceptors (Lipinski definition) is 4. The summed E-state index contributed by atoms with van der Waals surface area (Å²) in [4.78, 5) is 31.0. The van der Waals surface area contributed by atoms with Gasteiger partial charge in [0.2, 0.25) is 0 Å². The Balaban J connectivity index is 1.62. The van der Waals surface area contributed by atoms with Crippen LogP contribution in [-0.2, 0) is 19.3 Å². The van der Waals surface area contributed by atoms with Gasteiger partial charge < -0.3 is 10.2 Å². The Hall–Kier alpha value is -4.21. The molecule has 1 aliphatic rings. The molecule has 1 saturated heterocycles. The number of alkyl halides is 3. The molecule has 0 bridgehead atoms. The second-order valence-corrected chi connectivity index (χ2v) is 9.12. The molecule has 7 nitrogen and oxygen atoms in total. The van der Waals surface area contributed by atoms with Crippen molar-refractivity contribution in [2.24, 2.45) is 0 Å². The number of carbonyl (C=O) groups is 2. The van der Waals surface area contributed by atoms with Gasteiger partial charge in [0.05, 0.1) is 18.7 Å². The van der Waals surface area contributed by atoms with Crippen LogP contribution in [-0.4, -0.2) is 42.2 Å². The van der Waals surface area contributed by atoms with Gasteiger partial charge in [-0.1, -0.05) is 48.0 Å². The summed E-state index contributed by atoms with van der Waals surface area (Å²) in [6, 6.07) is 18.4. The van der Waals surface area contributed by atoms with Crippen LogP contribution < -0.4 is 15.5 Å². The van der Waals surface area contributed by atoms with Crippen molar-refractivity contribution in [1.82, 2.24) is 15.1 Å². The number of nitrogens with one attached hydrogen (secondary N) is 2. The van der Waals surface area contributed by atoms with Crippen LogP contribution in [0.2, 0.25) is 0 Å². The minimum atomic E-state index is -4.53. The molecule has 0 saturated carbocycles.